The molecule has 0 aromatic carbocycles. The second-order valence-electron chi connectivity index (χ2n) is 6.05. The van der Waals surface area contributed by atoms with Gasteiger partial charge in [0.2, 0.25) is 5.91 Å². The van der Waals surface area contributed by atoms with Crippen molar-refractivity contribution in [3.8, 4) is 0 Å². The largest absolute Gasteiger partial charge is 0.481 e. The average molecular weight is 294 g/mol. The quantitative estimate of drug-likeness (QED) is 0.836. The fourth-order valence-corrected chi connectivity index (χ4v) is 2.85. The zero-order chi connectivity index (χ0) is 15.8. The maximum Gasteiger partial charge on any atom is 0.311 e. The van der Waals surface area contributed by atoms with Crippen molar-refractivity contribution in [1.29, 1.82) is 0 Å². The van der Waals surface area contributed by atoms with Crippen molar-refractivity contribution in [2.24, 2.45) is 24.1 Å². The summed E-state index contributed by atoms with van der Waals surface area (Å²) in [6.45, 7) is 4.40. The summed E-state index contributed by atoms with van der Waals surface area (Å²) in [5.74, 6) is -1.13. The summed E-state index contributed by atoms with van der Waals surface area (Å²) in [4.78, 5) is 25.6. The number of carboxylic acid groups (broad SMARTS) is 1. The Morgan fingerprint density at radius 2 is 2.14 bits per heavy atom. The van der Waals surface area contributed by atoms with Crippen LogP contribution in [0, 0.1) is 11.3 Å². The molecule has 1 aliphatic heterocycles. The second kappa shape index (κ2) is 5.48. The molecule has 0 saturated carbocycles. The van der Waals surface area contributed by atoms with Crippen LogP contribution in [0.1, 0.15) is 31.9 Å². The van der Waals surface area contributed by atoms with Gasteiger partial charge in [0.25, 0.3) is 0 Å². The molecule has 1 amide bonds. The number of likely N-dealkylation sites (tertiary alicyclic amines) is 1. The van der Waals surface area contributed by atoms with E-state index in [0.717, 1.165) is 0 Å². The minimum Gasteiger partial charge on any atom is -0.481 e. The number of aliphatic carboxylic acids is 1. The van der Waals surface area contributed by atoms with E-state index < -0.39 is 17.4 Å². The first-order chi connectivity index (χ1) is 9.78. The molecule has 0 bridgehead atoms. The SMILES string of the molecule is CC(C)C1(C(=O)O)CCN(C(=O)C(N)c2cnn(C)c2)C1. The van der Waals surface area contributed by atoms with Gasteiger partial charge in [-0.2, -0.15) is 5.10 Å². The predicted molar refractivity (Wildman–Crippen MR) is 76.2 cm³/mol. The number of aromatic nitrogens is 2. The third kappa shape index (κ3) is 2.65. The van der Waals surface area contributed by atoms with Crippen molar-refractivity contribution in [3.63, 3.8) is 0 Å². The highest BCUT2D eigenvalue weighted by Gasteiger charge is 2.49. The van der Waals surface area contributed by atoms with Crippen LogP contribution in [0.5, 0.6) is 0 Å². The van der Waals surface area contributed by atoms with Gasteiger partial charge in [0.1, 0.15) is 6.04 Å². The lowest BCUT2D eigenvalue weighted by atomic mass is 9.76. The molecule has 0 spiro atoms. The molecule has 2 atom stereocenters. The summed E-state index contributed by atoms with van der Waals surface area (Å²) in [6, 6.07) is -0.796. The number of amides is 1. The van der Waals surface area contributed by atoms with Gasteiger partial charge in [-0.1, -0.05) is 13.8 Å². The van der Waals surface area contributed by atoms with Crippen LogP contribution >= 0.6 is 0 Å². The number of carbonyl (C=O) groups is 2. The Kier molecular flexibility index (Phi) is 4.04. The monoisotopic (exact) mass is 294 g/mol. The summed E-state index contributed by atoms with van der Waals surface area (Å²) >= 11 is 0. The standard InChI is InChI=1S/C14H22N4O3/c1-9(2)14(13(20)21)4-5-18(8-14)12(19)11(15)10-6-16-17(3)7-10/h6-7,9,11H,4-5,8,15H2,1-3H3,(H,20,21). The van der Waals surface area contributed by atoms with E-state index in [0.29, 0.717) is 18.5 Å². The van der Waals surface area contributed by atoms with Gasteiger partial charge in [-0.25, -0.2) is 0 Å². The molecule has 1 aliphatic rings. The van der Waals surface area contributed by atoms with E-state index in [1.807, 2.05) is 13.8 Å². The van der Waals surface area contributed by atoms with E-state index in [9.17, 15) is 14.7 Å². The first-order valence-corrected chi connectivity index (χ1v) is 7.04. The van der Waals surface area contributed by atoms with Gasteiger partial charge >= 0.3 is 5.97 Å². The normalized spacial score (nSPS) is 23.6. The van der Waals surface area contributed by atoms with E-state index in [1.54, 1.807) is 29.0 Å². The van der Waals surface area contributed by atoms with Crippen molar-refractivity contribution >= 4 is 11.9 Å². The molecule has 7 nitrogen and oxygen atoms in total. The van der Waals surface area contributed by atoms with Crippen LogP contribution in [-0.4, -0.2) is 44.8 Å². The molecule has 1 aromatic rings. The molecule has 3 N–H and O–H groups in total. The number of aryl methyl sites for hydroxylation is 1. The Morgan fingerprint density at radius 3 is 2.57 bits per heavy atom. The number of nitrogens with zero attached hydrogens (tertiary/aromatic N) is 3. The Hall–Kier alpha value is -1.89. The molecule has 0 aliphatic carbocycles. The van der Waals surface area contributed by atoms with Crippen molar-refractivity contribution < 1.29 is 14.7 Å². The molecule has 2 heterocycles. The highest BCUT2D eigenvalue weighted by atomic mass is 16.4. The highest BCUT2D eigenvalue weighted by molar-refractivity contribution is 5.85. The molecule has 1 saturated heterocycles. The lowest BCUT2D eigenvalue weighted by molar-refractivity contribution is -0.151. The van der Waals surface area contributed by atoms with E-state index >= 15 is 0 Å². The summed E-state index contributed by atoms with van der Waals surface area (Å²) in [5, 5.41) is 13.5. The van der Waals surface area contributed by atoms with E-state index in [-0.39, 0.29) is 18.4 Å². The third-order valence-corrected chi connectivity index (χ3v) is 4.49. The van der Waals surface area contributed by atoms with Crippen molar-refractivity contribution in [3.05, 3.63) is 18.0 Å². The second-order valence-corrected chi connectivity index (χ2v) is 6.05. The molecule has 0 radical (unpaired) electrons. The fourth-order valence-electron chi connectivity index (χ4n) is 2.85. The summed E-state index contributed by atoms with van der Waals surface area (Å²) in [6.07, 6.45) is 3.72. The van der Waals surface area contributed by atoms with Gasteiger partial charge < -0.3 is 15.7 Å². The van der Waals surface area contributed by atoms with Gasteiger partial charge in [0.15, 0.2) is 0 Å². The molecule has 21 heavy (non-hydrogen) atoms. The summed E-state index contributed by atoms with van der Waals surface area (Å²) in [5.41, 5.74) is 5.75. The molecule has 1 fully saturated rings. The number of hydrogen-bond acceptors (Lipinski definition) is 4. The Labute approximate surface area is 123 Å². The maximum atomic E-state index is 12.5. The first-order valence-electron chi connectivity index (χ1n) is 7.04. The Bertz CT molecular complexity index is 554. The van der Waals surface area contributed by atoms with E-state index in [1.165, 1.54) is 0 Å². The van der Waals surface area contributed by atoms with Gasteiger partial charge in [-0.05, 0) is 12.3 Å². The van der Waals surface area contributed by atoms with Gasteiger partial charge in [0, 0.05) is 31.9 Å². The zero-order valence-corrected chi connectivity index (χ0v) is 12.6. The first kappa shape index (κ1) is 15.5. The van der Waals surface area contributed by atoms with Crippen molar-refractivity contribution in [2.75, 3.05) is 13.1 Å². The number of carboxylic acids is 1. The average Bonchev–Trinajstić information content (AvgIpc) is 3.04. The number of carbonyl (C=O) groups excluding carboxylic acids is 1. The van der Waals surface area contributed by atoms with Crippen molar-refractivity contribution in [2.45, 2.75) is 26.3 Å². The topological polar surface area (TPSA) is 101 Å². The van der Waals surface area contributed by atoms with E-state index in [4.69, 9.17) is 5.73 Å². The lowest BCUT2D eigenvalue weighted by Crippen LogP contribution is -2.43. The molecule has 2 unspecified atom stereocenters. The number of hydrogen-bond donors (Lipinski definition) is 2. The van der Waals surface area contributed by atoms with Crippen LogP contribution in [0.15, 0.2) is 12.4 Å². The number of nitrogens with two attached hydrogens (primary N) is 1. The lowest BCUT2D eigenvalue weighted by Gasteiger charge is -2.29. The third-order valence-electron chi connectivity index (χ3n) is 4.49. The van der Waals surface area contributed by atoms with Crippen LogP contribution in [0.25, 0.3) is 0 Å². The molecule has 116 valence electrons. The fraction of sp³-hybridized carbons (Fsp3) is 0.643. The summed E-state index contributed by atoms with van der Waals surface area (Å²) in [7, 11) is 1.75. The van der Waals surface area contributed by atoms with Gasteiger partial charge in [0.05, 0.1) is 11.6 Å². The summed E-state index contributed by atoms with van der Waals surface area (Å²) < 4.78 is 1.59. The van der Waals surface area contributed by atoms with Crippen LogP contribution in [0.4, 0.5) is 0 Å². The molecular formula is C14H22N4O3. The van der Waals surface area contributed by atoms with Crippen LogP contribution in [0.2, 0.25) is 0 Å². The highest BCUT2D eigenvalue weighted by Crippen LogP contribution is 2.38. The van der Waals surface area contributed by atoms with Crippen molar-refractivity contribution in [1.82, 2.24) is 14.7 Å². The molecule has 2 rings (SSSR count). The minimum absolute atomic E-state index is 0.0394. The zero-order valence-electron chi connectivity index (χ0n) is 12.6. The molecule has 1 aromatic heterocycles. The Morgan fingerprint density at radius 1 is 1.48 bits per heavy atom. The van der Waals surface area contributed by atoms with Gasteiger partial charge in [-0.15, -0.1) is 0 Å². The Balaban J connectivity index is 2.13. The molecular weight excluding hydrogens is 272 g/mol. The van der Waals surface area contributed by atoms with Crippen LogP contribution in [-0.2, 0) is 16.6 Å². The molecule has 7 heteroatoms. The number of rotatable bonds is 4. The van der Waals surface area contributed by atoms with Crippen LogP contribution < -0.4 is 5.73 Å². The maximum absolute atomic E-state index is 12.5. The smallest absolute Gasteiger partial charge is 0.311 e. The minimum atomic E-state index is -0.871. The van der Waals surface area contributed by atoms with Gasteiger partial charge in [-0.3, -0.25) is 14.3 Å². The van der Waals surface area contributed by atoms with Crippen LogP contribution in [0.3, 0.4) is 0 Å². The van der Waals surface area contributed by atoms with E-state index in [2.05, 4.69) is 5.10 Å². The predicted octanol–water partition coefficient (Wildman–Crippen LogP) is 0.379.